The summed E-state index contributed by atoms with van der Waals surface area (Å²) in [5, 5.41) is 3.16. The molecule has 0 radical (unpaired) electrons. The van der Waals surface area contributed by atoms with Gasteiger partial charge in [0, 0.05) is 19.0 Å². The van der Waals surface area contributed by atoms with Crippen LogP contribution >= 0.6 is 0 Å². The van der Waals surface area contributed by atoms with E-state index in [9.17, 15) is 0 Å². The van der Waals surface area contributed by atoms with Gasteiger partial charge in [0.1, 0.15) is 6.61 Å². The van der Waals surface area contributed by atoms with Crippen molar-refractivity contribution >= 4 is 0 Å². The largest absolute Gasteiger partial charge is 0.368 e. The molecule has 0 aromatic rings. The molecule has 0 aliphatic carbocycles. The number of terminal acetylenes is 1. The molecule has 1 rings (SSSR count). The molecule has 0 bridgehead atoms. The van der Waals surface area contributed by atoms with Crippen LogP contribution in [0.15, 0.2) is 0 Å². The van der Waals surface area contributed by atoms with E-state index in [1.54, 1.807) is 0 Å². The van der Waals surface area contributed by atoms with Gasteiger partial charge in [-0.15, -0.1) is 6.42 Å². The molecule has 1 fully saturated rings. The number of hydrogen-bond acceptors (Lipinski definition) is 2. The summed E-state index contributed by atoms with van der Waals surface area (Å²) < 4.78 is 5.11. The number of hydrogen-bond donors (Lipinski definition) is 1. The van der Waals surface area contributed by atoms with E-state index < -0.39 is 0 Å². The molecule has 1 aliphatic heterocycles. The summed E-state index contributed by atoms with van der Waals surface area (Å²) in [5.41, 5.74) is 0. The number of nitrogens with one attached hydrogen (secondary N) is 1. The summed E-state index contributed by atoms with van der Waals surface area (Å²) in [6.07, 6.45) is 4.98. The van der Waals surface area contributed by atoms with Gasteiger partial charge in [-0.3, -0.25) is 0 Å². The van der Waals surface area contributed by atoms with Gasteiger partial charge in [0.15, 0.2) is 0 Å². The third kappa shape index (κ3) is 2.05. The molecule has 1 heterocycles. The molecule has 0 spiro atoms. The monoisotopic (exact) mass is 125 g/mol. The van der Waals surface area contributed by atoms with Crippen LogP contribution in [0.4, 0.5) is 0 Å². The second-order valence-corrected chi connectivity index (χ2v) is 2.24. The first-order chi connectivity index (χ1) is 4.43. The van der Waals surface area contributed by atoms with Gasteiger partial charge >= 0.3 is 0 Å². The molecule has 0 unspecified atom stereocenters. The van der Waals surface area contributed by atoms with Crippen LogP contribution in [0, 0.1) is 18.3 Å². The zero-order valence-electron chi connectivity index (χ0n) is 5.39. The Balaban J connectivity index is 1.87. The van der Waals surface area contributed by atoms with E-state index in [1.807, 2.05) is 0 Å². The van der Waals surface area contributed by atoms with E-state index in [2.05, 4.69) is 11.2 Å². The second kappa shape index (κ2) is 3.49. The summed E-state index contributed by atoms with van der Waals surface area (Å²) in [7, 11) is 0. The van der Waals surface area contributed by atoms with Gasteiger partial charge in [-0.05, 0) is 0 Å². The molecule has 50 valence electrons. The van der Waals surface area contributed by atoms with Crippen molar-refractivity contribution in [2.45, 2.75) is 0 Å². The fourth-order valence-electron chi connectivity index (χ4n) is 0.751. The van der Waals surface area contributed by atoms with Crippen molar-refractivity contribution in [3.8, 4) is 12.3 Å². The van der Waals surface area contributed by atoms with Crippen LogP contribution in [-0.4, -0.2) is 26.3 Å². The molecule has 0 atom stereocenters. The number of ether oxygens (including phenoxy) is 1. The SMILES string of the molecule is C#CCOCC1CNC1. The Bertz CT molecular complexity index is 113. The Labute approximate surface area is 55.6 Å². The lowest BCUT2D eigenvalue weighted by molar-refractivity contribution is 0.103. The quantitative estimate of drug-likeness (QED) is 0.418. The van der Waals surface area contributed by atoms with E-state index >= 15 is 0 Å². The average molecular weight is 125 g/mol. The van der Waals surface area contributed by atoms with Crippen LogP contribution < -0.4 is 5.32 Å². The van der Waals surface area contributed by atoms with E-state index in [4.69, 9.17) is 11.2 Å². The first-order valence-corrected chi connectivity index (χ1v) is 3.15. The Morgan fingerprint density at radius 2 is 2.44 bits per heavy atom. The Hall–Kier alpha value is -0.520. The maximum atomic E-state index is 5.11. The van der Waals surface area contributed by atoms with Crippen molar-refractivity contribution in [2.75, 3.05) is 26.3 Å². The van der Waals surface area contributed by atoms with Gasteiger partial charge in [-0.2, -0.15) is 0 Å². The minimum absolute atomic E-state index is 0.455. The molecule has 2 nitrogen and oxygen atoms in total. The van der Waals surface area contributed by atoms with E-state index in [-0.39, 0.29) is 0 Å². The van der Waals surface area contributed by atoms with Crippen molar-refractivity contribution in [2.24, 2.45) is 5.92 Å². The highest BCUT2D eigenvalue weighted by molar-refractivity contribution is 4.83. The van der Waals surface area contributed by atoms with Gasteiger partial charge in [0.25, 0.3) is 0 Å². The Morgan fingerprint density at radius 1 is 1.67 bits per heavy atom. The predicted molar refractivity (Wildman–Crippen MR) is 36.0 cm³/mol. The lowest BCUT2D eigenvalue weighted by Gasteiger charge is -2.26. The highest BCUT2D eigenvalue weighted by Gasteiger charge is 2.15. The minimum Gasteiger partial charge on any atom is -0.368 e. The minimum atomic E-state index is 0.455. The lowest BCUT2D eigenvalue weighted by Crippen LogP contribution is -2.44. The molecule has 0 amide bonds. The van der Waals surface area contributed by atoms with Crippen molar-refractivity contribution < 1.29 is 4.74 Å². The van der Waals surface area contributed by atoms with E-state index in [0.717, 1.165) is 19.7 Å². The summed E-state index contributed by atoms with van der Waals surface area (Å²) in [5.74, 6) is 3.14. The van der Waals surface area contributed by atoms with Crippen molar-refractivity contribution in [1.82, 2.24) is 5.32 Å². The van der Waals surface area contributed by atoms with Crippen LogP contribution in [0.3, 0.4) is 0 Å². The van der Waals surface area contributed by atoms with Crippen LogP contribution in [0.5, 0.6) is 0 Å². The third-order valence-corrected chi connectivity index (χ3v) is 1.40. The Kier molecular flexibility index (Phi) is 2.56. The average Bonchev–Trinajstić information content (AvgIpc) is 1.76. The van der Waals surface area contributed by atoms with E-state index in [1.165, 1.54) is 0 Å². The Morgan fingerprint density at radius 3 is 2.89 bits per heavy atom. The summed E-state index contributed by atoms with van der Waals surface area (Å²) in [4.78, 5) is 0. The van der Waals surface area contributed by atoms with Gasteiger partial charge in [-0.1, -0.05) is 5.92 Å². The third-order valence-electron chi connectivity index (χ3n) is 1.40. The molecule has 0 saturated carbocycles. The first kappa shape index (κ1) is 6.60. The standard InChI is InChI=1S/C7H11NO/c1-2-3-9-6-7-4-8-5-7/h1,7-8H,3-6H2. The highest BCUT2D eigenvalue weighted by atomic mass is 16.5. The second-order valence-electron chi connectivity index (χ2n) is 2.24. The topological polar surface area (TPSA) is 21.3 Å². The summed E-state index contributed by atoms with van der Waals surface area (Å²) >= 11 is 0. The summed E-state index contributed by atoms with van der Waals surface area (Å²) in [6.45, 7) is 3.45. The number of rotatable bonds is 3. The molecule has 1 aliphatic rings. The molecule has 2 heteroatoms. The summed E-state index contributed by atoms with van der Waals surface area (Å²) in [6, 6.07) is 0. The van der Waals surface area contributed by atoms with Crippen LogP contribution in [0.1, 0.15) is 0 Å². The molecular weight excluding hydrogens is 114 g/mol. The molecule has 9 heavy (non-hydrogen) atoms. The van der Waals surface area contributed by atoms with Crippen LogP contribution in [-0.2, 0) is 4.74 Å². The highest BCUT2D eigenvalue weighted by Crippen LogP contribution is 2.01. The predicted octanol–water partition coefficient (Wildman–Crippen LogP) is -0.144. The zero-order chi connectivity index (χ0) is 6.53. The molecule has 1 saturated heterocycles. The van der Waals surface area contributed by atoms with Crippen LogP contribution in [0.2, 0.25) is 0 Å². The fraction of sp³-hybridized carbons (Fsp3) is 0.714. The molecule has 1 N–H and O–H groups in total. The van der Waals surface area contributed by atoms with Crippen molar-refractivity contribution in [3.63, 3.8) is 0 Å². The fourth-order valence-corrected chi connectivity index (χ4v) is 0.751. The van der Waals surface area contributed by atoms with Gasteiger partial charge < -0.3 is 10.1 Å². The maximum Gasteiger partial charge on any atom is 0.107 e. The lowest BCUT2D eigenvalue weighted by atomic mass is 10.1. The maximum absolute atomic E-state index is 5.11. The van der Waals surface area contributed by atoms with Gasteiger partial charge in [0.05, 0.1) is 6.61 Å². The van der Waals surface area contributed by atoms with Crippen molar-refractivity contribution in [3.05, 3.63) is 0 Å². The van der Waals surface area contributed by atoms with Gasteiger partial charge in [0.2, 0.25) is 0 Å². The first-order valence-electron chi connectivity index (χ1n) is 3.15. The van der Waals surface area contributed by atoms with Crippen LogP contribution in [0.25, 0.3) is 0 Å². The molecule has 0 aromatic heterocycles. The molecular formula is C7H11NO. The van der Waals surface area contributed by atoms with Crippen molar-refractivity contribution in [1.29, 1.82) is 0 Å². The normalized spacial score (nSPS) is 18.6. The zero-order valence-corrected chi connectivity index (χ0v) is 5.39. The van der Waals surface area contributed by atoms with Gasteiger partial charge in [-0.25, -0.2) is 0 Å². The van der Waals surface area contributed by atoms with E-state index in [0.29, 0.717) is 12.5 Å². The molecule has 0 aromatic carbocycles. The smallest absolute Gasteiger partial charge is 0.107 e.